The van der Waals surface area contributed by atoms with Crippen molar-refractivity contribution in [3.05, 3.63) is 56.5 Å². The van der Waals surface area contributed by atoms with Gasteiger partial charge in [0.1, 0.15) is 11.5 Å². The van der Waals surface area contributed by atoms with Gasteiger partial charge in [0.2, 0.25) is 0 Å². The summed E-state index contributed by atoms with van der Waals surface area (Å²) in [5.41, 5.74) is 0.410. The highest BCUT2D eigenvalue weighted by molar-refractivity contribution is 9.11. The summed E-state index contributed by atoms with van der Waals surface area (Å²) in [5, 5.41) is 0. The molecular weight excluding hydrogens is 432 g/mol. The van der Waals surface area contributed by atoms with Crippen LogP contribution in [0.5, 0.6) is 0 Å². The van der Waals surface area contributed by atoms with Gasteiger partial charge in [0.05, 0.1) is 13.8 Å². The number of anilines is 1. The van der Waals surface area contributed by atoms with Crippen LogP contribution in [0.2, 0.25) is 0 Å². The maximum absolute atomic E-state index is 13.8. The Morgan fingerprint density at radius 3 is 2.24 bits per heavy atom. The van der Waals surface area contributed by atoms with Crippen molar-refractivity contribution in [2.75, 3.05) is 4.72 Å². The number of hydrogen-bond donors (Lipinski definition) is 1. The summed E-state index contributed by atoms with van der Waals surface area (Å²) in [6.07, 6.45) is 0. The fourth-order valence-electron chi connectivity index (χ4n) is 1.57. The van der Waals surface area contributed by atoms with Gasteiger partial charge >= 0.3 is 0 Å². The van der Waals surface area contributed by atoms with Crippen LogP contribution in [0.3, 0.4) is 0 Å². The van der Waals surface area contributed by atoms with Gasteiger partial charge in [0.25, 0.3) is 10.0 Å². The molecule has 0 bridgehead atoms. The number of nitrogens with one attached hydrogen (secondary N) is 1. The van der Waals surface area contributed by atoms with E-state index in [0.717, 1.165) is 11.6 Å². The third kappa shape index (κ3) is 3.44. The van der Waals surface area contributed by atoms with E-state index in [-0.39, 0.29) is 13.8 Å². The standard InChI is InChI=1S/C13H9Br2F2NO2S/c1-7-2-4-8(5-3-7)21(19,20)18-13-10(16)6-9(14)12(17)11(13)15/h2-6,18H,1H3. The lowest BCUT2D eigenvalue weighted by Crippen LogP contribution is -2.15. The van der Waals surface area contributed by atoms with Gasteiger partial charge in [0, 0.05) is 0 Å². The van der Waals surface area contributed by atoms with E-state index in [2.05, 4.69) is 31.9 Å². The number of rotatable bonds is 3. The highest BCUT2D eigenvalue weighted by Crippen LogP contribution is 2.34. The minimum absolute atomic E-state index is 0.0391. The van der Waals surface area contributed by atoms with Crippen LogP contribution in [-0.4, -0.2) is 8.42 Å². The largest absolute Gasteiger partial charge is 0.275 e. The van der Waals surface area contributed by atoms with Crippen LogP contribution >= 0.6 is 31.9 Å². The number of sulfonamides is 1. The first-order chi connectivity index (χ1) is 9.72. The molecule has 2 rings (SSSR count). The molecule has 0 aliphatic carbocycles. The van der Waals surface area contributed by atoms with E-state index in [0.29, 0.717) is 0 Å². The number of benzene rings is 2. The summed E-state index contributed by atoms with van der Waals surface area (Å²) < 4.78 is 53.6. The second-order valence-corrected chi connectivity index (χ2v) is 7.59. The molecule has 21 heavy (non-hydrogen) atoms. The SMILES string of the molecule is Cc1ccc(S(=O)(=O)Nc2c(F)cc(Br)c(F)c2Br)cc1. The molecule has 0 radical (unpaired) electrons. The molecule has 0 saturated carbocycles. The van der Waals surface area contributed by atoms with Crippen molar-refractivity contribution in [1.82, 2.24) is 0 Å². The van der Waals surface area contributed by atoms with E-state index in [1.807, 2.05) is 11.6 Å². The van der Waals surface area contributed by atoms with Gasteiger partial charge in [0.15, 0.2) is 5.82 Å². The Morgan fingerprint density at radius 1 is 1.10 bits per heavy atom. The van der Waals surface area contributed by atoms with E-state index in [1.165, 1.54) is 12.1 Å². The van der Waals surface area contributed by atoms with E-state index >= 15 is 0 Å². The van der Waals surface area contributed by atoms with Crippen LogP contribution in [-0.2, 0) is 10.0 Å². The maximum atomic E-state index is 13.8. The fraction of sp³-hybridized carbons (Fsp3) is 0.0769. The van der Waals surface area contributed by atoms with Gasteiger partial charge in [-0.2, -0.15) is 0 Å². The third-order valence-electron chi connectivity index (χ3n) is 2.68. The van der Waals surface area contributed by atoms with E-state index in [4.69, 9.17) is 0 Å². The van der Waals surface area contributed by atoms with Crippen molar-refractivity contribution >= 4 is 47.6 Å². The lowest BCUT2D eigenvalue weighted by atomic mass is 10.2. The quantitative estimate of drug-likeness (QED) is 0.560. The van der Waals surface area contributed by atoms with Crippen molar-refractivity contribution in [3.63, 3.8) is 0 Å². The molecule has 0 unspecified atom stereocenters. The molecule has 0 aliphatic heterocycles. The van der Waals surface area contributed by atoms with Crippen molar-refractivity contribution in [2.24, 2.45) is 0 Å². The molecule has 0 amide bonds. The molecule has 0 atom stereocenters. The zero-order valence-electron chi connectivity index (χ0n) is 10.6. The van der Waals surface area contributed by atoms with E-state index in [9.17, 15) is 17.2 Å². The van der Waals surface area contributed by atoms with Gasteiger partial charge < -0.3 is 0 Å². The Bertz CT molecular complexity index is 793. The Hall–Kier alpha value is -0.990. The van der Waals surface area contributed by atoms with Crippen molar-refractivity contribution in [3.8, 4) is 0 Å². The minimum Gasteiger partial charge on any atom is -0.275 e. The molecular formula is C13H9Br2F2NO2S. The van der Waals surface area contributed by atoms with Gasteiger partial charge in [-0.15, -0.1) is 0 Å². The molecule has 8 heteroatoms. The fourth-order valence-corrected chi connectivity index (χ4v) is 3.95. The van der Waals surface area contributed by atoms with Gasteiger partial charge in [-0.05, 0) is 57.0 Å². The maximum Gasteiger partial charge on any atom is 0.262 e. The molecule has 2 aromatic rings. The molecule has 0 aromatic heterocycles. The summed E-state index contributed by atoms with van der Waals surface area (Å²) in [6.45, 7) is 1.81. The summed E-state index contributed by atoms with van der Waals surface area (Å²) in [5.74, 6) is -1.69. The Labute approximate surface area is 137 Å². The monoisotopic (exact) mass is 439 g/mol. The normalized spacial score (nSPS) is 11.5. The third-order valence-corrected chi connectivity index (χ3v) is 5.37. The first-order valence-corrected chi connectivity index (χ1v) is 8.72. The molecule has 0 spiro atoms. The van der Waals surface area contributed by atoms with Crippen LogP contribution in [0.4, 0.5) is 14.5 Å². The number of aryl methyl sites for hydroxylation is 1. The zero-order chi connectivity index (χ0) is 15.8. The second kappa shape index (κ2) is 6.02. The Balaban J connectivity index is 2.47. The Morgan fingerprint density at radius 2 is 1.67 bits per heavy atom. The minimum atomic E-state index is -4.01. The smallest absolute Gasteiger partial charge is 0.262 e. The summed E-state index contributed by atoms with van der Waals surface area (Å²) in [4.78, 5) is -0.0391. The molecule has 3 nitrogen and oxygen atoms in total. The van der Waals surface area contributed by atoms with Gasteiger partial charge in [-0.1, -0.05) is 17.7 Å². The summed E-state index contributed by atoms with van der Waals surface area (Å²) >= 11 is 5.69. The average molecular weight is 441 g/mol. The van der Waals surface area contributed by atoms with Crippen molar-refractivity contribution in [2.45, 2.75) is 11.8 Å². The molecule has 0 fully saturated rings. The van der Waals surface area contributed by atoms with Crippen molar-refractivity contribution < 1.29 is 17.2 Å². The molecule has 0 aliphatic rings. The lowest BCUT2D eigenvalue weighted by molar-refractivity contribution is 0.588. The lowest BCUT2D eigenvalue weighted by Gasteiger charge is -2.12. The highest BCUT2D eigenvalue weighted by Gasteiger charge is 2.21. The van der Waals surface area contributed by atoms with Crippen LogP contribution in [0.15, 0.2) is 44.2 Å². The summed E-state index contributed by atoms with van der Waals surface area (Å²) in [7, 11) is -4.01. The molecule has 2 aromatic carbocycles. The molecule has 112 valence electrons. The predicted molar refractivity (Wildman–Crippen MR) is 83.7 cm³/mol. The zero-order valence-corrected chi connectivity index (χ0v) is 14.6. The number of halogens is 4. The van der Waals surface area contributed by atoms with Crippen LogP contribution in [0.1, 0.15) is 5.56 Å². The molecule has 0 saturated heterocycles. The first kappa shape index (κ1) is 16.4. The van der Waals surface area contributed by atoms with Crippen molar-refractivity contribution in [1.29, 1.82) is 0 Å². The topological polar surface area (TPSA) is 46.2 Å². The molecule has 0 heterocycles. The van der Waals surface area contributed by atoms with E-state index < -0.39 is 27.3 Å². The summed E-state index contributed by atoms with van der Waals surface area (Å²) in [6, 6.07) is 6.86. The van der Waals surface area contributed by atoms with Gasteiger partial charge in [-0.25, -0.2) is 17.2 Å². The molecule has 1 N–H and O–H groups in total. The highest BCUT2D eigenvalue weighted by atomic mass is 79.9. The number of hydrogen-bond acceptors (Lipinski definition) is 2. The van der Waals surface area contributed by atoms with E-state index in [1.54, 1.807) is 12.1 Å². The first-order valence-electron chi connectivity index (χ1n) is 5.65. The van der Waals surface area contributed by atoms with Gasteiger partial charge in [-0.3, -0.25) is 4.72 Å². The van der Waals surface area contributed by atoms with Crippen LogP contribution in [0, 0.1) is 18.6 Å². The average Bonchev–Trinajstić information content (AvgIpc) is 2.42. The second-order valence-electron chi connectivity index (χ2n) is 4.26. The van der Waals surface area contributed by atoms with Crippen LogP contribution in [0.25, 0.3) is 0 Å². The predicted octanol–water partition coefficient (Wildman–Crippen LogP) is 4.60. The van der Waals surface area contributed by atoms with Crippen LogP contribution < -0.4 is 4.72 Å². The Kier molecular flexibility index (Phi) is 4.69.